The molecule has 0 radical (unpaired) electrons. The summed E-state index contributed by atoms with van der Waals surface area (Å²) >= 11 is 0. The number of ether oxygens (including phenoxy) is 2. The minimum Gasteiger partial charge on any atom is -0.480 e. The van der Waals surface area contributed by atoms with E-state index < -0.39 is 23.9 Å². The summed E-state index contributed by atoms with van der Waals surface area (Å²) in [7, 11) is 0. The molecule has 7 heteroatoms. The largest absolute Gasteiger partial charge is 0.480 e. The standard InChI is InChI=1S/C25H23NO6/c1-15-7-3-5-9-18(15)24(29)31-21-12-11-17(13-20(26)23(27)28)14-22(21)32-25(30)19-10-6-4-8-16(19)2/h3-12,14,20H,13,26H2,1-2H3,(H,27,28)/t20-/m0/s1. The fourth-order valence-electron chi connectivity index (χ4n) is 3.10. The first-order chi connectivity index (χ1) is 15.3. The Kier molecular flexibility index (Phi) is 7.02. The molecule has 0 fully saturated rings. The number of nitrogens with two attached hydrogens (primary N) is 1. The molecule has 7 nitrogen and oxygen atoms in total. The van der Waals surface area contributed by atoms with Gasteiger partial charge in [0.1, 0.15) is 6.04 Å². The Balaban J connectivity index is 1.93. The fourth-order valence-corrected chi connectivity index (χ4v) is 3.10. The lowest BCUT2D eigenvalue weighted by molar-refractivity contribution is -0.138. The van der Waals surface area contributed by atoms with Gasteiger partial charge in [-0.1, -0.05) is 42.5 Å². The van der Waals surface area contributed by atoms with Crippen LogP contribution >= 0.6 is 0 Å². The molecular formula is C25H23NO6. The van der Waals surface area contributed by atoms with Crippen LogP contribution in [0.3, 0.4) is 0 Å². The van der Waals surface area contributed by atoms with E-state index in [1.165, 1.54) is 12.1 Å². The Bertz CT molecular complexity index is 1170. The van der Waals surface area contributed by atoms with Crippen molar-refractivity contribution in [2.45, 2.75) is 26.3 Å². The molecule has 0 saturated carbocycles. The van der Waals surface area contributed by atoms with Crippen molar-refractivity contribution in [3.05, 3.63) is 94.5 Å². The van der Waals surface area contributed by atoms with Crippen molar-refractivity contribution < 1.29 is 29.0 Å². The molecule has 164 valence electrons. The quantitative estimate of drug-likeness (QED) is 0.431. The zero-order valence-electron chi connectivity index (χ0n) is 17.7. The predicted molar refractivity (Wildman–Crippen MR) is 118 cm³/mol. The van der Waals surface area contributed by atoms with E-state index in [1.807, 2.05) is 6.07 Å². The number of rotatable bonds is 7. The lowest BCUT2D eigenvalue weighted by Crippen LogP contribution is -2.32. The minimum atomic E-state index is -1.15. The average molecular weight is 433 g/mol. The third-order valence-corrected chi connectivity index (χ3v) is 4.92. The van der Waals surface area contributed by atoms with E-state index in [0.29, 0.717) is 16.7 Å². The van der Waals surface area contributed by atoms with Crippen molar-refractivity contribution in [2.24, 2.45) is 5.73 Å². The number of hydrogen-bond donors (Lipinski definition) is 2. The molecule has 0 aliphatic heterocycles. The number of carbonyl (C=O) groups excluding carboxylic acids is 2. The van der Waals surface area contributed by atoms with Crippen LogP contribution in [0.2, 0.25) is 0 Å². The van der Waals surface area contributed by atoms with Gasteiger partial charge in [0.2, 0.25) is 0 Å². The second-order valence-corrected chi connectivity index (χ2v) is 7.34. The number of carbonyl (C=O) groups is 3. The number of carboxylic acids is 1. The molecule has 0 heterocycles. The first-order valence-corrected chi connectivity index (χ1v) is 9.93. The summed E-state index contributed by atoms with van der Waals surface area (Å²) < 4.78 is 11.1. The van der Waals surface area contributed by atoms with Gasteiger partial charge >= 0.3 is 17.9 Å². The number of esters is 2. The molecule has 0 aliphatic carbocycles. The molecule has 0 spiro atoms. The molecule has 0 aromatic heterocycles. The van der Waals surface area contributed by atoms with E-state index in [1.54, 1.807) is 62.4 Å². The van der Waals surface area contributed by atoms with Gasteiger partial charge in [-0.15, -0.1) is 0 Å². The zero-order chi connectivity index (χ0) is 23.3. The van der Waals surface area contributed by atoms with E-state index in [-0.39, 0.29) is 17.9 Å². The summed E-state index contributed by atoms with van der Waals surface area (Å²) in [4.78, 5) is 36.6. The van der Waals surface area contributed by atoms with Gasteiger partial charge in [0.15, 0.2) is 11.5 Å². The summed E-state index contributed by atoms with van der Waals surface area (Å²) in [5.74, 6) is -2.36. The first-order valence-electron chi connectivity index (χ1n) is 9.93. The van der Waals surface area contributed by atoms with Crippen LogP contribution in [0.5, 0.6) is 11.5 Å². The number of aliphatic carboxylic acids is 1. The first kappa shape index (κ1) is 22.7. The highest BCUT2D eigenvalue weighted by molar-refractivity contribution is 5.94. The smallest absolute Gasteiger partial charge is 0.343 e. The van der Waals surface area contributed by atoms with Crippen molar-refractivity contribution >= 4 is 17.9 Å². The maximum absolute atomic E-state index is 12.8. The van der Waals surface area contributed by atoms with Gasteiger partial charge in [0.05, 0.1) is 11.1 Å². The molecule has 32 heavy (non-hydrogen) atoms. The van der Waals surface area contributed by atoms with Gasteiger partial charge in [-0.05, 0) is 61.2 Å². The Morgan fingerprint density at radius 3 is 1.81 bits per heavy atom. The molecule has 0 amide bonds. The second kappa shape index (κ2) is 9.89. The topological polar surface area (TPSA) is 116 Å². The van der Waals surface area contributed by atoms with Crippen molar-refractivity contribution in [2.75, 3.05) is 0 Å². The van der Waals surface area contributed by atoms with Gasteiger partial charge in [-0.25, -0.2) is 9.59 Å². The Morgan fingerprint density at radius 1 is 0.812 bits per heavy atom. The predicted octanol–water partition coefficient (Wildman–Crippen LogP) is 3.70. The van der Waals surface area contributed by atoms with Gasteiger partial charge < -0.3 is 20.3 Å². The number of carboxylic acid groups (broad SMARTS) is 1. The molecule has 3 rings (SSSR count). The van der Waals surface area contributed by atoms with E-state index >= 15 is 0 Å². The number of benzene rings is 3. The van der Waals surface area contributed by atoms with Crippen LogP contribution in [0.1, 0.15) is 37.4 Å². The lowest BCUT2D eigenvalue weighted by atomic mass is 10.1. The lowest BCUT2D eigenvalue weighted by Gasteiger charge is -2.14. The highest BCUT2D eigenvalue weighted by atomic mass is 16.6. The summed E-state index contributed by atoms with van der Waals surface area (Å²) in [5, 5.41) is 9.08. The maximum Gasteiger partial charge on any atom is 0.343 e. The summed E-state index contributed by atoms with van der Waals surface area (Å²) in [6.07, 6.45) is 0.0102. The average Bonchev–Trinajstić information content (AvgIpc) is 2.75. The Labute approximate surface area is 185 Å². The van der Waals surface area contributed by atoms with E-state index in [9.17, 15) is 14.4 Å². The molecule has 1 atom stereocenters. The molecule has 0 saturated heterocycles. The van der Waals surface area contributed by atoms with Crippen LogP contribution < -0.4 is 15.2 Å². The zero-order valence-corrected chi connectivity index (χ0v) is 17.7. The van der Waals surface area contributed by atoms with Gasteiger partial charge in [-0.2, -0.15) is 0 Å². The summed E-state index contributed by atoms with van der Waals surface area (Å²) in [5.41, 5.74) is 8.34. The fraction of sp³-hybridized carbons (Fsp3) is 0.160. The number of aryl methyl sites for hydroxylation is 2. The van der Waals surface area contributed by atoms with Crippen LogP contribution in [0.25, 0.3) is 0 Å². The monoisotopic (exact) mass is 433 g/mol. The van der Waals surface area contributed by atoms with Crippen LogP contribution in [0.4, 0.5) is 0 Å². The maximum atomic E-state index is 12.8. The van der Waals surface area contributed by atoms with Crippen LogP contribution in [-0.2, 0) is 11.2 Å². The van der Waals surface area contributed by atoms with Crippen molar-refractivity contribution in [1.82, 2.24) is 0 Å². The highest BCUT2D eigenvalue weighted by Gasteiger charge is 2.20. The molecule has 3 aromatic carbocycles. The second-order valence-electron chi connectivity index (χ2n) is 7.34. The molecule has 0 bridgehead atoms. The highest BCUT2D eigenvalue weighted by Crippen LogP contribution is 2.31. The van der Waals surface area contributed by atoms with Gasteiger partial charge in [0.25, 0.3) is 0 Å². The summed E-state index contributed by atoms with van der Waals surface area (Å²) in [6, 6.07) is 17.2. The van der Waals surface area contributed by atoms with Crippen molar-refractivity contribution in [3.63, 3.8) is 0 Å². The van der Waals surface area contributed by atoms with E-state index in [2.05, 4.69) is 0 Å². The van der Waals surface area contributed by atoms with Crippen LogP contribution in [-0.4, -0.2) is 29.1 Å². The van der Waals surface area contributed by atoms with Crippen LogP contribution in [0, 0.1) is 13.8 Å². The van der Waals surface area contributed by atoms with Crippen molar-refractivity contribution in [3.8, 4) is 11.5 Å². The minimum absolute atomic E-state index is 0.00437. The molecule has 3 aromatic rings. The molecule has 0 unspecified atom stereocenters. The normalized spacial score (nSPS) is 11.5. The third kappa shape index (κ3) is 5.39. The Hall–Kier alpha value is -3.97. The SMILES string of the molecule is Cc1ccccc1C(=O)Oc1ccc(C[C@H](N)C(=O)O)cc1OC(=O)c1ccccc1C. The molecule has 0 aliphatic rings. The van der Waals surface area contributed by atoms with Crippen LogP contribution in [0.15, 0.2) is 66.7 Å². The van der Waals surface area contributed by atoms with E-state index in [0.717, 1.165) is 11.1 Å². The van der Waals surface area contributed by atoms with Gasteiger partial charge in [0, 0.05) is 0 Å². The molecular weight excluding hydrogens is 410 g/mol. The summed E-state index contributed by atoms with van der Waals surface area (Å²) in [6.45, 7) is 3.56. The van der Waals surface area contributed by atoms with Crippen molar-refractivity contribution in [1.29, 1.82) is 0 Å². The number of hydrogen-bond acceptors (Lipinski definition) is 6. The van der Waals surface area contributed by atoms with Gasteiger partial charge in [-0.3, -0.25) is 4.79 Å². The Morgan fingerprint density at radius 2 is 1.31 bits per heavy atom. The molecule has 3 N–H and O–H groups in total. The third-order valence-electron chi connectivity index (χ3n) is 4.92. The van der Waals surface area contributed by atoms with E-state index in [4.69, 9.17) is 20.3 Å².